The topological polar surface area (TPSA) is 26.3 Å². The van der Waals surface area contributed by atoms with Gasteiger partial charge in [0, 0.05) is 0 Å². The van der Waals surface area contributed by atoms with Crippen molar-refractivity contribution in [1.82, 2.24) is 0 Å². The summed E-state index contributed by atoms with van der Waals surface area (Å²) < 4.78 is 29.5. The maximum absolute atomic E-state index is 12.2. The number of benzene rings is 1. The molecule has 0 heterocycles. The molecule has 0 N–H and O–H groups in total. The van der Waals surface area contributed by atoms with Crippen LogP contribution in [-0.4, -0.2) is 12.6 Å². The number of unbranched alkanes of at least 4 members (excludes halogenated alkanes) is 1. The van der Waals surface area contributed by atoms with Gasteiger partial charge in [-0.25, -0.2) is 0 Å². The van der Waals surface area contributed by atoms with E-state index >= 15 is 0 Å². The number of allylic oxidation sites excluding steroid dienone is 1. The van der Waals surface area contributed by atoms with Crippen LogP contribution < -0.4 is 0 Å². The Labute approximate surface area is 118 Å². The van der Waals surface area contributed by atoms with Crippen LogP contribution in [0, 0.1) is 0 Å². The first-order valence-electron chi connectivity index (χ1n) is 6.74. The van der Waals surface area contributed by atoms with Gasteiger partial charge >= 0.3 is 5.97 Å². The lowest BCUT2D eigenvalue weighted by Crippen LogP contribution is -2.13. The van der Waals surface area contributed by atoms with E-state index in [0.29, 0.717) is 19.3 Å². The number of hydrogen-bond donors (Lipinski definition) is 0. The van der Waals surface area contributed by atoms with Gasteiger partial charge in [-0.1, -0.05) is 30.3 Å². The van der Waals surface area contributed by atoms with Crippen LogP contribution in [-0.2, 0) is 9.53 Å². The molecule has 0 aliphatic carbocycles. The molecule has 0 amide bonds. The normalized spacial score (nSPS) is 11.8. The van der Waals surface area contributed by atoms with Crippen LogP contribution in [0.25, 0.3) is 0 Å². The van der Waals surface area contributed by atoms with E-state index < -0.39 is 6.08 Å². The SMILES string of the molecule is CC(CCCCOC(=O)C(C)c1ccccc1)=C(F)F. The highest BCUT2D eigenvalue weighted by atomic mass is 19.3. The molecule has 0 saturated carbocycles. The van der Waals surface area contributed by atoms with Gasteiger partial charge in [-0.05, 0) is 44.2 Å². The second-order valence-electron chi connectivity index (χ2n) is 4.80. The molecule has 0 fully saturated rings. The number of rotatable bonds is 7. The maximum atomic E-state index is 12.2. The number of ether oxygens (including phenoxy) is 1. The van der Waals surface area contributed by atoms with Gasteiger partial charge in [0.25, 0.3) is 6.08 Å². The van der Waals surface area contributed by atoms with Crippen LogP contribution in [0.3, 0.4) is 0 Å². The molecule has 0 aliphatic heterocycles. The lowest BCUT2D eigenvalue weighted by atomic mass is 10.0. The predicted octanol–water partition coefficient (Wildman–Crippen LogP) is 4.67. The first-order chi connectivity index (χ1) is 9.52. The highest BCUT2D eigenvalue weighted by Crippen LogP contribution is 2.17. The summed E-state index contributed by atoms with van der Waals surface area (Å²) in [6.07, 6.45) is -0.0815. The Morgan fingerprint density at radius 2 is 1.85 bits per heavy atom. The third kappa shape index (κ3) is 5.51. The van der Waals surface area contributed by atoms with Crippen LogP contribution >= 0.6 is 0 Å². The monoisotopic (exact) mass is 282 g/mol. The molecule has 2 nitrogen and oxygen atoms in total. The zero-order chi connectivity index (χ0) is 15.0. The van der Waals surface area contributed by atoms with Crippen LogP contribution in [0.4, 0.5) is 8.78 Å². The summed E-state index contributed by atoms with van der Waals surface area (Å²) in [4.78, 5) is 11.8. The van der Waals surface area contributed by atoms with E-state index in [-0.39, 0.29) is 24.1 Å². The van der Waals surface area contributed by atoms with Crippen molar-refractivity contribution in [2.75, 3.05) is 6.61 Å². The Kier molecular flexibility index (Phi) is 6.91. The van der Waals surface area contributed by atoms with Gasteiger partial charge in [0.2, 0.25) is 0 Å². The summed E-state index contributed by atoms with van der Waals surface area (Å²) in [5.41, 5.74) is 1.02. The molecule has 0 saturated heterocycles. The predicted molar refractivity (Wildman–Crippen MR) is 74.6 cm³/mol. The Balaban J connectivity index is 2.26. The molecule has 1 rings (SSSR count). The smallest absolute Gasteiger partial charge is 0.313 e. The van der Waals surface area contributed by atoms with E-state index in [1.165, 1.54) is 6.92 Å². The highest BCUT2D eigenvalue weighted by Gasteiger charge is 2.15. The van der Waals surface area contributed by atoms with Crippen LogP contribution in [0.2, 0.25) is 0 Å². The van der Waals surface area contributed by atoms with E-state index in [4.69, 9.17) is 4.74 Å². The summed E-state index contributed by atoms with van der Waals surface area (Å²) in [6.45, 7) is 3.49. The van der Waals surface area contributed by atoms with Gasteiger partial charge in [-0.3, -0.25) is 4.79 Å². The van der Waals surface area contributed by atoms with Gasteiger partial charge in [0.05, 0.1) is 12.5 Å². The lowest BCUT2D eigenvalue weighted by molar-refractivity contribution is -0.145. The lowest BCUT2D eigenvalue weighted by Gasteiger charge is -2.11. The number of carbonyl (C=O) groups is 1. The van der Waals surface area contributed by atoms with E-state index in [1.807, 2.05) is 30.3 Å². The molecule has 110 valence electrons. The maximum Gasteiger partial charge on any atom is 0.313 e. The van der Waals surface area contributed by atoms with Gasteiger partial charge in [0.1, 0.15) is 0 Å². The average molecular weight is 282 g/mol. The number of hydrogen-bond acceptors (Lipinski definition) is 2. The van der Waals surface area contributed by atoms with Crippen molar-refractivity contribution in [1.29, 1.82) is 0 Å². The first-order valence-corrected chi connectivity index (χ1v) is 6.74. The Hall–Kier alpha value is -1.71. The largest absolute Gasteiger partial charge is 0.465 e. The molecule has 0 bridgehead atoms. The van der Waals surface area contributed by atoms with E-state index in [1.54, 1.807) is 6.92 Å². The third-order valence-electron chi connectivity index (χ3n) is 3.17. The summed E-state index contributed by atoms with van der Waals surface area (Å²) in [6, 6.07) is 9.40. The molecular weight excluding hydrogens is 262 g/mol. The van der Waals surface area contributed by atoms with Crippen molar-refractivity contribution in [3.05, 3.63) is 47.5 Å². The molecule has 4 heteroatoms. The van der Waals surface area contributed by atoms with Gasteiger partial charge < -0.3 is 4.74 Å². The van der Waals surface area contributed by atoms with Crippen molar-refractivity contribution >= 4 is 5.97 Å². The van der Waals surface area contributed by atoms with Crippen molar-refractivity contribution in [3.63, 3.8) is 0 Å². The molecule has 20 heavy (non-hydrogen) atoms. The van der Waals surface area contributed by atoms with E-state index in [0.717, 1.165) is 5.56 Å². The summed E-state index contributed by atoms with van der Waals surface area (Å²) in [5, 5.41) is 0. The fourth-order valence-electron chi connectivity index (χ4n) is 1.76. The molecule has 1 unspecified atom stereocenters. The van der Waals surface area contributed by atoms with Crippen molar-refractivity contribution in [2.45, 2.75) is 39.0 Å². The molecule has 0 aromatic heterocycles. The zero-order valence-corrected chi connectivity index (χ0v) is 11.9. The van der Waals surface area contributed by atoms with Crippen molar-refractivity contribution in [2.24, 2.45) is 0 Å². The second kappa shape index (κ2) is 8.46. The highest BCUT2D eigenvalue weighted by molar-refractivity contribution is 5.77. The fourth-order valence-corrected chi connectivity index (χ4v) is 1.76. The van der Waals surface area contributed by atoms with Crippen LogP contribution in [0.5, 0.6) is 0 Å². The minimum atomic E-state index is -1.61. The molecule has 0 aliphatic rings. The van der Waals surface area contributed by atoms with Gasteiger partial charge in [0.15, 0.2) is 0 Å². The first kappa shape index (κ1) is 16.3. The average Bonchev–Trinajstić information content (AvgIpc) is 2.46. The van der Waals surface area contributed by atoms with Gasteiger partial charge in [-0.2, -0.15) is 8.78 Å². The molecular formula is C16H20F2O2. The number of carbonyl (C=O) groups excluding carboxylic acids is 1. The molecule has 0 spiro atoms. The zero-order valence-electron chi connectivity index (χ0n) is 11.9. The third-order valence-corrected chi connectivity index (χ3v) is 3.17. The van der Waals surface area contributed by atoms with Crippen LogP contribution in [0.1, 0.15) is 44.6 Å². The molecule has 1 aromatic rings. The Morgan fingerprint density at radius 3 is 2.45 bits per heavy atom. The van der Waals surface area contributed by atoms with Crippen molar-refractivity contribution < 1.29 is 18.3 Å². The molecule has 0 radical (unpaired) electrons. The Morgan fingerprint density at radius 1 is 1.20 bits per heavy atom. The Bertz CT molecular complexity index is 451. The minimum absolute atomic E-state index is 0.106. The second-order valence-corrected chi connectivity index (χ2v) is 4.80. The number of esters is 1. The van der Waals surface area contributed by atoms with Crippen LogP contribution in [0.15, 0.2) is 42.0 Å². The number of halogens is 2. The van der Waals surface area contributed by atoms with Crippen molar-refractivity contribution in [3.8, 4) is 0 Å². The minimum Gasteiger partial charge on any atom is -0.465 e. The van der Waals surface area contributed by atoms with Gasteiger partial charge in [-0.15, -0.1) is 0 Å². The summed E-state index contributed by atoms with van der Waals surface area (Å²) in [7, 11) is 0. The summed E-state index contributed by atoms with van der Waals surface area (Å²) >= 11 is 0. The standard InChI is InChI=1S/C16H20F2O2/c1-12(15(17)18)8-6-7-11-20-16(19)13(2)14-9-4-3-5-10-14/h3-5,9-10,13H,6-8,11H2,1-2H3. The van der Waals surface area contributed by atoms with E-state index in [2.05, 4.69) is 0 Å². The van der Waals surface area contributed by atoms with E-state index in [9.17, 15) is 13.6 Å². The fraction of sp³-hybridized carbons (Fsp3) is 0.438. The quantitative estimate of drug-likeness (QED) is 0.536. The molecule has 1 aromatic carbocycles. The molecule has 1 atom stereocenters. The summed E-state index contributed by atoms with van der Waals surface area (Å²) in [5.74, 6) is -0.582.